The van der Waals surface area contributed by atoms with Crippen molar-refractivity contribution in [1.82, 2.24) is 0 Å². The van der Waals surface area contributed by atoms with E-state index >= 15 is 0 Å². The van der Waals surface area contributed by atoms with Crippen molar-refractivity contribution in [2.24, 2.45) is 5.11 Å². The van der Waals surface area contributed by atoms with E-state index in [1.165, 1.54) is 6.92 Å². The van der Waals surface area contributed by atoms with Crippen molar-refractivity contribution >= 4 is 41.0 Å². The standard InChI is InChI=1S/C16H13ClN4O/c1-11(22)19-15-9-6-13(16(10-15)20-21-18)5-2-12-3-7-14(17)8-4-12/h2-10H,1H3,(H,19,22). The molecular formula is C16H13ClN4O. The third-order valence-corrected chi connectivity index (χ3v) is 3.08. The molecule has 0 spiro atoms. The van der Waals surface area contributed by atoms with E-state index < -0.39 is 0 Å². The van der Waals surface area contributed by atoms with Gasteiger partial charge in [0.1, 0.15) is 0 Å². The zero-order valence-corrected chi connectivity index (χ0v) is 12.6. The number of hydrogen-bond acceptors (Lipinski definition) is 2. The molecule has 0 atom stereocenters. The molecule has 0 aliphatic carbocycles. The van der Waals surface area contributed by atoms with Crippen LogP contribution >= 0.6 is 11.6 Å². The van der Waals surface area contributed by atoms with Gasteiger partial charge in [-0.05, 0) is 40.9 Å². The minimum atomic E-state index is -0.184. The van der Waals surface area contributed by atoms with Crippen LogP contribution in [0.5, 0.6) is 0 Å². The first-order valence-electron chi connectivity index (χ1n) is 6.49. The van der Waals surface area contributed by atoms with Gasteiger partial charge < -0.3 is 5.32 Å². The average Bonchev–Trinajstić information content (AvgIpc) is 2.48. The minimum Gasteiger partial charge on any atom is -0.326 e. The normalized spacial score (nSPS) is 10.3. The molecule has 2 aromatic carbocycles. The summed E-state index contributed by atoms with van der Waals surface area (Å²) in [5.74, 6) is -0.184. The topological polar surface area (TPSA) is 77.9 Å². The summed E-state index contributed by atoms with van der Waals surface area (Å²) in [6.07, 6.45) is 3.73. The van der Waals surface area contributed by atoms with Crippen LogP contribution in [0.1, 0.15) is 18.1 Å². The summed E-state index contributed by atoms with van der Waals surface area (Å²) in [5, 5.41) is 6.98. The summed E-state index contributed by atoms with van der Waals surface area (Å²) in [6.45, 7) is 1.42. The molecule has 110 valence electrons. The largest absolute Gasteiger partial charge is 0.326 e. The first-order chi connectivity index (χ1) is 10.6. The van der Waals surface area contributed by atoms with Crippen molar-refractivity contribution in [3.63, 3.8) is 0 Å². The quantitative estimate of drug-likeness (QED) is 0.348. The van der Waals surface area contributed by atoms with Gasteiger partial charge in [0.15, 0.2) is 0 Å². The van der Waals surface area contributed by atoms with Crippen LogP contribution < -0.4 is 5.32 Å². The number of rotatable bonds is 4. The molecule has 0 fully saturated rings. The van der Waals surface area contributed by atoms with Crippen molar-refractivity contribution in [3.05, 3.63) is 69.1 Å². The van der Waals surface area contributed by atoms with E-state index in [2.05, 4.69) is 15.3 Å². The Morgan fingerprint density at radius 2 is 1.95 bits per heavy atom. The molecule has 0 radical (unpaired) electrons. The van der Waals surface area contributed by atoms with Gasteiger partial charge in [-0.25, -0.2) is 0 Å². The second-order valence-corrected chi connectivity index (χ2v) is 4.97. The predicted octanol–water partition coefficient (Wildman–Crippen LogP) is 5.41. The Hall–Kier alpha value is -2.75. The van der Waals surface area contributed by atoms with Crippen LogP contribution in [0.3, 0.4) is 0 Å². The van der Waals surface area contributed by atoms with E-state index in [1.807, 2.05) is 24.3 Å². The van der Waals surface area contributed by atoms with Gasteiger partial charge in [0.05, 0.1) is 0 Å². The summed E-state index contributed by atoms with van der Waals surface area (Å²) >= 11 is 5.84. The number of nitrogens with one attached hydrogen (secondary N) is 1. The number of amides is 1. The fourth-order valence-corrected chi connectivity index (χ4v) is 1.99. The third kappa shape index (κ3) is 4.38. The van der Waals surface area contributed by atoms with Crippen molar-refractivity contribution in [3.8, 4) is 0 Å². The van der Waals surface area contributed by atoms with E-state index in [0.29, 0.717) is 16.4 Å². The lowest BCUT2D eigenvalue weighted by molar-refractivity contribution is -0.114. The lowest BCUT2D eigenvalue weighted by Gasteiger charge is -2.05. The first-order valence-corrected chi connectivity index (χ1v) is 6.86. The van der Waals surface area contributed by atoms with Gasteiger partial charge in [0.2, 0.25) is 5.91 Å². The van der Waals surface area contributed by atoms with Gasteiger partial charge in [-0.15, -0.1) is 0 Å². The van der Waals surface area contributed by atoms with Gasteiger partial charge in [-0.1, -0.05) is 47.1 Å². The summed E-state index contributed by atoms with van der Waals surface area (Å²) in [5.41, 5.74) is 11.4. The molecule has 2 aromatic rings. The second kappa shape index (κ2) is 7.31. The highest BCUT2D eigenvalue weighted by molar-refractivity contribution is 6.30. The molecule has 1 N–H and O–H groups in total. The van der Waals surface area contributed by atoms with Crippen molar-refractivity contribution in [2.45, 2.75) is 6.92 Å². The highest BCUT2D eigenvalue weighted by Crippen LogP contribution is 2.26. The number of benzene rings is 2. The predicted molar refractivity (Wildman–Crippen MR) is 89.9 cm³/mol. The minimum absolute atomic E-state index is 0.184. The van der Waals surface area contributed by atoms with Gasteiger partial charge in [0, 0.05) is 28.2 Å². The fourth-order valence-electron chi connectivity index (χ4n) is 1.86. The zero-order valence-electron chi connectivity index (χ0n) is 11.8. The Labute approximate surface area is 132 Å². The number of anilines is 1. The molecule has 22 heavy (non-hydrogen) atoms. The van der Waals surface area contributed by atoms with Crippen LogP contribution in [0, 0.1) is 0 Å². The number of nitrogens with zero attached hydrogens (tertiary/aromatic N) is 3. The summed E-state index contributed by atoms with van der Waals surface area (Å²) in [7, 11) is 0. The van der Waals surface area contributed by atoms with E-state index in [1.54, 1.807) is 30.3 Å². The number of carbonyl (C=O) groups excluding carboxylic acids is 1. The molecule has 2 rings (SSSR count). The fraction of sp³-hybridized carbons (Fsp3) is 0.0625. The van der Waals surface area contributed by atoms with Crippen molar-refractivity contribution in [2.75, 3.05) is 5.32 Å². The second-order valence-electron chi connectivity index (χ2n) is 4.53. The summed E-state index contributed by atoms with van der Waals surface area (Å²) in [6, 6.07) is 12.5. The molecule has 0 aliphatic heterocycles. The maximum absolute atomic E-state index is 11.1. The summed E-state index contributed by atoms with van der Waals surface area (Å²) in [4.78, 5) is 13.9. The van der Waals surface area contributed by atoms with E-state index in [4.69, 9.17) is 17.1 Å². The number of carbonyl (C=O) groups is 1. The van der Waals surface area contributed by atoms with Gasteiger partial charge >= 0.3 is 0 Å². The molecule has 0 bridgehead atoms. The van der Waals surface area contributed by atoms with Crippen LogP contribution in [-0.4, -0.2) is 5.91 Å². The molecule has 5 nitrogen and oxygen atoms in total. The van der Waals surface area contributed by atoms with Gasteiger partial charge in [0.25, 0.3) is 0 Å². The lowest BCUT2D eigenvalue weighted by atomic mass is 10.1. The highest BCUT2D eigenvalue weighted by atomic mass is 35.5. The molecule has 0 heterocycles. The molecule has 0 unspecified atom stereocenters. The first kappa shape index (κ1) is 15.6. The van der Waals surface area contributed by atoms with Crippen LogP contribution in [0.15, 0.2) is 47.6 Å². The SMILES string of the molecule is CC(=O)Nc1ccc(C=Cc2ccc(Cl)cc2)c(N=[N+]=[N-])c1. The van der Waals surface area contributed by atoms with Crippen molar-refractivity contribution < 1.29 is 4.79 Å². The maximum Gasteiger partial charge on any atom is 0.221 e. The van der Waals surface area contributed by atoms with E-state index in [0.717, 1.165) is 11.1 Å². The highest BCUT2D eigenvalue weighted by Gasteiger charge is 2.01. The molecule has 0 aromatic heterocycles. The Bertz CT molecular complexity index is 762. The molecule has 0 aliphatic rings. The van der Waals surface area contributed by atoms with Crippen LogP contribution in [0.25, 0.3) is 22.6 Å². The summed E-state index contributed by atoms with van der Waals surface area (Å²) < 4.78 is 0. The Kier molecular flexibility index (Phi) is 5.20. The van der Waals surface area contributed by atoms with E-state index in [9.17, 15) is 4.79 Å². The maximum atomic E-state index is 11.1. The van der Waals surface area contributed by atoms with Gasteiger partial charge in [-0.2, -0.15) is 0 Å². The van der Waals surface area contributed by atoms with Crippen LogP contribution in [0.2, 0.25) is 5.02 Å². The lowest BCUT2D eigenvalue weighted by Crippen LogP contribution is -2.05. The number of hydrogen-bond donors (Lipinski definition) is 1. The Morgan fingerprint density at radius 3 is 2.59 bits per heavy atom. The van der Waals surface area contributed by atoms with Crippen LogP contribution in [0.4, 0.5) is 11.4 Å². The van der Waals surface area contributed by atoms with Crippen molar-refractivity contribution in [1.29, 1.82) is 0 Å². The monoisotopic (exact) mass is 312 g/mol. The smallest absolute Gasteiger partial charge is 0.221 e. The van der Waals surface area contributed by atoms with Crippen LogP contribution in [-0.2, 0) is 4.79 Å². The number of azide groups is 1. The number of halogens is 1. The zero-order chi connectivity index (χ0) is 15.9. The molecule has 6 heteroatoms. The molecule has 1 amide bonds. The molecular weight excluding hydrogens is 300 g/mol. The molecule has 0 saturated heterocycles. The average molecular weight is 313 g/mol. The molecule has 0 saturated carbocycles. The van der Waals surface area contributed by atoms with E-state index in [-0.39, 0.29) is 5.91 Å². The third-order valence-electron chi connectivity index (χ3n) is 2.83. The van der Waals surface area contributed by atoms with Gasteiger partial charge in [-0.3, -0.25) is 4.79 Å². The Balaban J connectivity index is 2.31. The Morgan fingerprint density at radius 1 is 1.23 bits per heavy atom.